The van der Waals surface area contributed by atoms with Crippen molar-refractivity contribution in [2.75, 3.05) is 13.1 Å². The lowest BCUT2D eigenvalue weighted by atomic mass is 9.91. The third-order valence-corrected chi connectivity index (χ3v) is 4.13. The normalized spacial score (nSPS) is 25.6. The molecule has 1 heterocycles. The number of nitrogens with zero attached hydrogens (tertiary/aromatic N) is 1. The highest BCUT2D eigenvalue weighted by Crippen LogP contribution is 2.25. The van der Waals surface area contributed by atoms with Crippen molar-refractivity contribution in [3.05, 3.63) is 0 Å². The summed E-state index contributed by atoms with van der Waals surface area (Å²) in [5.41, 5.74) is 0. The molecule has 0 aliphatic carbocycles. The summed E-state index contributed by atoms with van der Waals surface area (Å²) >= 11 is 0. The Balaban J connectivity index is 2.52. The number of hydrogen-bond acceptors (Lipinski definition) is 2. The van der Waals surface area contributed by atoms with Gasteiger partial charge in [0.1, 0.15) is 0 Å². The fraction of sp³-hybridized carbons (Fsp3) is 1.00. The smallest absolute Gasteiger partial charge is 0.195 e. The van der Waals surface area contributed by atoms with Crippen LogP contribution in [0, 0.1) is 11.8 Å². The average Bonchev–Trinajstić information content (AvgIpc) is 2.01. The van der Waals surface area contributed by atoms with Crippen molar-refractivity contribution in [3.8, 4) is 0 Å². The summed E-state index contributed by atoms with van der Waals surface area (Å²) in [5, 5.41) is 0. The Bertz CT molecular complexity index is 277. The molecule has 1 aliphatic heterocycles. The standard InChI is InChI=1S/C9H18ClNO2S/c1-8(2)6-9-4-3-5-11(7-9)14(10,12)13/h8-9H,3-7H2,1-2H3. The van der Waals surface area contributed by atoms with Crippen molar-refractivity contribution in [1.82, 2.24) is 4.31 Å². The van der Waals surface area contributed by atoms with Crippen LogP contribution in [0.5, 0.6) is 0 Å². The van der Waals surface area contributed by atoms with Gasteiger partial charge in [-0.1, -0.05) is 13.8 Å². The minimum atomic E-state index is -3.49. The van der Waals surface area contributed by atoms with Gasteiger partial charge < -0.3 is 0 Å². The average molecular weight is 240 g/mol. The van der Waals surface area contributed by atoms with Crippen LogP contribution in [0.15, 0.2) is 0 Å². The van der Waals surface area contributed by atoms with Gasteiger partial charge in [0.15, 0.2) is 0 Å². The van der Waals surface area contributed by atoms with Gasteiger partial charge >= 0.3 is 0 Å². The van der Waals surface area contributed by atoms with Gasteiger partial charge in [0, 0.05) is 23.8 Å². The maximum absolute atomic E-state index is 11.1. The number of rotatable bonds is 3. The van der Waals surface area contributed by atoms with Crippen LogP contribution in [0.25, 0.3) is 0 Å². The lowest BCUT2D eigenvalue weighted by Gasteiger charge is -2.30. The lowest BCUT2D eigenvalue weighted by molar-refractivity contribution is 0.241. The van der Waals surface area contributed by atoms with Crippen molar-refractivity contribution >= 4 is 19.9 Å². The minimum absolute atomic E-state index is 0.484. The van der Waals surface area contributed by atoms with E-state index in [0.717, 1.165) is 19.3 Å². The lowest BCUT2D eigenvalue weighted by Crippen LogP contribution is -2.37. The molecule has 0 aromatic carbocycles. The Morgan fingerprint density at radius 1 is 1.50 bits per heavy atom. The van der Waals surface area contributed by atoms with Crippen molar-refractivity contribution in [3.63, 3.8) is 0 Å². The molecule has 5 heteroatoms. The predicted molar refractivity (Wildman–Crippen MR) is 58.5 cm³/mol. The second-order valence-electron chi connectivity index (χ2n) is 4.44. The molecule has 0 radical (unpaired) electrons. The van der Waals surface area contributed by atoms with E-state index in [-0.39, 0.29) is 0 Å². The molecule has 84 valence electrons. The Labute approximate surface area is 91.0 Å². The molecule has 1 atom stereocenters. The predicted octanol–water partition coefficient (Wildman–Crippen LogP) is 2.23. The number of piperidine rings is 1. The molecule has 1 rings (SSSR count). The highest BCUT2D eigenvalue weighted by Gasteiger charge is 2.27. The fourth-order valence-electron chi connectivity index (χ4n) is 2.08. The zero-order chi connectivity index (χ0) is 10.8. The molecule has 1 aliphatic rings. The monoisotopic (exact) mass is 239 g/mol. The molecular weight excluding hydrogens is 222 g/mol. The Morgan fingerprint density at radius 3 is 2.64 bits per heavy atom. The first-order chi connectivity index (χ1) is 6.39. The van der Waals surface area contributed by atoms with E-state index >= 15 is 0 Å². The van der Waals surface area contributed by atoms with E-state index in [9.17, 15) is 8.42 Å². The summed E-state index contributed by atoms with van der Waals surface area (Å²) in [5.74, 6) is 1.11. The van der Waals surface area contributed by atoms with Crippen molar-refractivity contribution in [2.45, 2.75) is 33.1 Å². The summed E-state index contributed by atoms with van der Waals surface area (Å²) in [6.45, 7) is 5.51. The van der Waals surface area contributed by atoms with Crippen LogP contribution in [-0.2, 0) is 9.24 Å². The second kappa shape index (κ2) is 4.81. The van der Waals surface area contributed by atoms with E-state index < -0.39 is 9.24 Å². The maximum atomic E-state index is 11.1. The highest BCUT2D eigenvalue weighted by molar-refractivity contribution is 8.11. The second-order valence-corrected chi connectivity index (χ2v) is 6.95. The summed E-state index contributed by atoms with van der Waals surface area (Å²) in [6.07, 6.45) is 3.15. The summed E-state index contributed by atoms with van der Waals surface area (Å²) in [7, 11) is 1.82. The van der Waals surface area contributed by atoms with Gasteiger partial charge in [-0.25, -0.2) is 0 Å². The van der Waals surface area contributed by atoms with E-state index in [1.807, 2.05) is 0 Å². The molecule has 0 saturated carbocycles. The molecule has 3 nitrogen and oxygen atoms in total. The minimum Gasteiger partial charge on any atom is -0.195 e. The van der Waals surface area contributed by atoms with Crippen LogP contribution in [0.1, 0.15) is 33.1 Å². The van der Waals surface area contributed by atoms with Crippen molar-refractivity contribution in [1.29, 1.82) is 0 Å². The van der Waals surface area contributed by atoms with Crippen molar-refractivity contribution in [2.24, 2.45) is 11.8 Å². The Hall–Kier alpha value is 0.200. The van der Waals surface area contributed by atoms with Gasteiger partial charge in [-0.15, -0.1) is 0 Å². The molecule has 0 aromatic heterocycles. The van der Waals surface area contributed by atoms with Gasteiger partial charge in [0.25, 0.3) is 9.24 Å². The molecule has 0 bridgehead atoms. The summed E-state index contributed by atoms with van der Waals surface area (Å²) < 4.78 is 23.6. The first kappa shape index (κ1) is 12.3. The van der Waals surface area contributed by atoms with Crippen LogP contribution in [0.4, 0.5) is 0 Å². The quantitative estimate of drug-likeness (QED) is 0.709. The highest BCUT2D eigenvalue weighted by atomic mass is 35.7. The molecule has 0 amide bonds. The van der Waals surface area contributed by atoms with Crippen LogP contribution >= 0.6 is 10.7 Å². The largest absolute Gasteiger partial charge is 0.299 e. The molecule has 14 heavy (non-hydrogen) atoms. The van der Waals surface area contributed by atoms with Gasteiger partial charge in [-0.3, -0.25) is 0 Å². The van der Waals surface area contributed by atoms with E-state index in [4.69, 9.17) is 10.7 Å². The van der Waals surface area contributed by atoms with Crippen LogP contribution < -0.4 is 0 Å². The van der Waals surface area contributed by atoms with Gasteiger partial charge in [0.05, 0.1) is 0 Å². The molecular formula is C9H18ClNO2S. The Kier molecular flexibility index (Phi) is 4.22. The molecule has 1 fully saturated rings. The SMILES string of the molecule is CC(C)CC1CCCN(S(=O)(=O)Cl)C1. The molecule has 0 aromatic rings. The zero-order valence-corrected chi connectivity index (χ0v) is 10.3. The molecule has 0 spiro atoms. The Morgan fingerprint density at radius 2 is 2.14 bits per heavy atom. The van der Waals surface area contributed by atoms with E-state index in [1.165, 1.54) is 4.31 Å². The third-order valence-electron chi connectivity index (χ3n) is 2.59. The third kappa shape index (κ3) is 3.75. The molecule has 1 unspecified atom stereocenters. The van der Waals surface area contributed by atoms with Crippen LogP contribution in [0.3, 0.4) is 0 Å². The zero-order valence-electron chi connectivity index (χ0n) is 8.74. The fourth-order valence-corrected chi connectivity index (χ4v) is 3.20. The van der Waals surface area contributed by atoms with Gasteiger partial charge in [0.2, 0.25) is 0 Å². The first-order valence-corrected chi connectivity index (χ1v) is 7.36. The summed E-state index contributed by atoms with van der Waals surface area (Å²) in [4.78, 5) is 0. The van der Waals surface area contributed by atoms with E-state index in [1.54, 1.807) is 0 Å². The number of halogens is 1. The van der Waals surface area contributed by atoms with Crippen LogP contribution in [-0.4, -0.2) is 25.8 Å². The van der Waals surface area contributed by atoms with E-state index in [2.05, 4.69) is 13.8 Å². The van der Waals surface area contributed by atoms with E-state index in [0.29, 0.717) is 24.9 Å². The van der Waals surface area contributed by atoms with Crippen molar-refractivity contribution < 1.29 is 8.42 Å². The molecule has 1 saturated heterocycles. The summed E-state index contributed by atoms with van der Waals surface area (Å²) in [6, 6.07) is 0. The topological polar surface area (TPSA) is 37.4 Å². The number of hydrogen-bond donors (Lipinski definition) is 0. The van der Waals surface area contributed by atoms with Crippen LogP contribution in [0.2, 0.25) is 0 Å². The molecule has 0 N–H and O–H groups in total. The van der Waals surface area contributed by atoms with Gasteiger partial charge in [-0.2, -0.15) is 12.7 Å². The first-order valence-electron chi connectivity index (χ1n) is 5.09. The van der Waals surface area contributed by atoms with Gasteiger partial charge in [-0.05, 0) is 31.1 Å². The maximum Gasteiger partial charge on any atom is 0.299 e.